The number of fused-ring (bicyclic) bond motifs is 12. The number of methoxy groups -OCH3 is 1. The van der Waals surface area contributed by atoms with Crippen molar-refractivity contribution in [1.29, 1.82) is 5.26 Å². The van der Waals surface area contributed by atoms with Crippen LogP contribution in [0.25, 0.3) is 10.9 Å². The number of likely N-dealkylation sites (N-methyl/N-ethyl adjacent to an activating group) is 1. The number of nitrogens with one attached hydrogen (secondary N) is 2. The molecule has 1 unspecified atom stereocenters. The molecule has 17 heteroatoms. The van der Waals surface area contributed by atoms with E-state index in [4.69, 9.17) is 37.9 Å². The van der Waals surface area contributed by atoms with E-state index < -0.39 is 58.5 Å². The molecule has 2 saturated heterocycles. The normalized spacial score (nSPS) is 26.7. The Bertz CT molecular complexity index is 2770. The Hall–Kier alpha value is -5.51. The number of ether oxygens (including phenoxy) is 8. The number of nitriles is 1. The van der Waals surface area contributed by atoms with Gasteiger partial charge in [-0.25, -0.2) is 9.59 Å². The Morgan fingerprint density at radius 2 is 1.66 bits per heavy atom. The average molecular weight is 936 g/mol. The summed E-state index contributed by atoms with van der Waals surface area (Å²) in [6.45, 7) is 14.5. The molecule has 16 nitrogen and oxygen atoms in total. The third-order valence-electron chi connectivity index (χ3n) is 13.9. The quantitative estimate of drug-likeness (QED) is 0.150. The SMILES string of the molecule is COc1c(C)cc2c(c1OC(=O)OC(C)(C)C)[C@@H]1C3[C@@H]4SC[C@]5(NCCc6c5[nH]c5ccccc65)C(=O)COC[C@@H](c5c6c(c(C)c(OC(=O)OC(C)(C)C)c54)OCO6)N3[C@@H](C#N)[C@H](C2)N1C. The molecule has 67 heavy (non-hydrogen) atoms. The maximum atomic E-state index is 15.1. The van der Waals surface area contributed by atoms with Gasteiger partial charge in [-0.05, 0) is 98.0 Å². The molecule has 0 radical (unpaired) electrons. The highest BCUT2D eigenvalue weighted by Gasteiger charge is 2.61. The lowest BCUT2D eigenvalue weighted by atomic mass is 9.71. The highest BCUT2D eigenvalue weighted by molar-refractivity contribution is 7.99. The molecule has 2 N–H and O–H groups in total. The van der Waals surface area contributed by atoms with Gasteiger partial charge in [-0.1, -0.05) is 24.3 Å². The minimum Gasteiger partial charge on any atom is -0.493 e. The molecule has 2 fully saturated rings. The number of carbonyl (C=O) groups is 3. The van der Waals surface area contributed by atoms with Crippen molar-refractivity contribution in [2.24, 2.45) is 0 Å². The fourth-order valence-corrected chi connectivity index (χ4v) is 13.2. The number of rotatable bonds is 3. The second-order valence-electron chi connectivity index (χ2n) is 20.3. The number of aromatic nitrogens is 1. The highest BCUT2D eigenvalue weighted by atomic mass is 32.2. The van der Waals surface area contributed by atoms with Crippen molar-refractivity contribution in [3.63, 3.8) is 0 Å². The van der Waals surface area contributed by atoms with Crippen molar-refractivity contribution in [2.75, 3.05) is 46.5 Å². The van der Waals surface area contributed by atoms with E-state index in [2.05, 4.69) is 38.3 Å². The predicted octanol–water partition coefficient (Wildman–Crippen LogP) is 7.79. The molecule has 0 amide bonds. The molecule has 4 aromatic rings. The lowest BCUT2D eigenvalue weighted by Crippen LogP contribution is -2.69. The summed E-state index contributed by atoms with van der Waals surface area (Å²) in [4.78, 5) is 51.0. The molecule has 11 rings (SSSR count). The summed E-state index contributed by atoms with van der Waals surface area (Å²) < 4.78 is 49.6. The van der Waals surface area contributed by atoms with Gasteiger partial charge in [0, 0.05) is 63.2 Å². The Labute approximate surface area is 393 Å². The van der Waals surface area contributed by atoms with Crippen LogP contribution < -0.4 is 29.0 Å². The number of para-hydroxylation sites is 1. The second kappa shape index (κ2) is 16.3. The molecule has 3 aromatic carbocycles. The number of thioether (sulfide) groups is 1. The molecule has 354 valence electrons. The van der Waals surface area contributed by atoms with Crippen LogP contribution in [0.2, 0.25) is 0 Å². The van der Waals surface area contributed by atoms with Crippen molar-refractivity contribution in [3.8, 4) is 34.8 Å². The van der Waals surface area contributed by atoms with E-state index in [9.17, 15) is 14.9 Å². The topological polar surface area (TPSA) is 183 Å². The van der Waals surface area contributed by atoms with Crippen LogP contribution in [0.5, 0.6) is 28.7 Å². The molecule has 0 saturated carbocycles. The lowest BCUT2D eigenvalue weighted by Gasteiger charge is -2.61. The first-order valence-corrected chi connectivity index (χ1v) is 23.8. The third-order valence-corrected chi connectivity index (χ3v) is 15.4. The van der Waals surface area contributed by atoms with Crippen LogP contribution in [0.1, 0.15) is 104 Å². The zero-order valence-corrected chi connectivity index (χ0v) is 40.4. The smallest absolute Gasteiger partial charge is 0.493 e. The van der Waals surface area contributed by atoms with E-state index in [0.29, 0.717) is 58.9 Å². The number of hydrogen-bond acceptors (Lipinski definition) is 16. The van der Waals surface area contributed by atoms with Gasteiger partial charge >= 0.3 is 12.3 Å². The number of aromatic amines is 1. The maximum absolute atomic E-state index is 15.1. The van der Waals surface area contributed by atoms with Gasteiger partial charge in [0.25, 0.3) is 0 Å². The first kappa shape index (κ1) is 45.3. The van der Waals surface area contributed by atoms with Gasteiger partial charge in [0.2, 0.25) is 6.79 Å². The summed E-state index contributed by atoms with van der Waals surface area (Å²) in [6, 6.07) is 9.81. The summed E-state index contributed by atoms with van der Waals surface area (Å²) in [7, 11) is 3.54. The number of ketones is 1. The number of nitrogens with zero attached hydrogens (tertiary/aromatic N) is 3. The molecule has 1 spiro atoms. The van der Waals surface area contributed by atoms with Crippen molar-refractivity contribution < 1.29 is 52.3 Å². The van der Waals surface area contributed by atoms with Crippen LogP contribution in [-0.4, -0.2) is 109 Å². The molecule has 7 atom stereocenters. The second-order valence-corrected chi connectivity index (χ2v) is 21.4. The van der Waals surface area contributed by atoms with Crippen molar-refractivity contribution in [2.45, 2.75) is 120 Å². The third kappa shape index (κ3) is 7.29. The number of piperazine rings is 1. The van der Waals surface area contributed by atoms with E-state index >= 15 is 4.79 Å². The van der Waals surface area contributed by atoms with Gasteiger partial charge in [-0.15, -0.1) is 11.8 Å². The molecular formula is C50H57N5O11S. The molecular weight excluding hydrogens is 879 g/mol. The Morgan fingerprint density at radius 1 is 0.955 bits per heavy atom. The van der Waals surface area contributed by atoms with Gasteiger partial charge in [-0.3, -0.25) is 19.9 Å². The summed E-state index contributed by atoms with van der Waals surface area (Å²) >= 11 is 1.53. The number of benzene rings is 3. The number of hydrogen-bond donors (Lipinski definition) is 2. The van der Waals surface area contributed by atoms with Crippen LogP contribution in [0, 0.1) is 25.2 Å². The van der Waals surface area contributed by atoms with E-state index in [1.807, 2.05) is 39.1 Å². The van der Waals surface area contributed by atoms with Crippen LogP contribution in [0.3, 0.4) is 0 Å². The number of aryl methyl sites for hydroxylation is 1. The van der Waals surface area contributed by atoms with Gasteiger partial charge in [-0.2, -0.15) is 5.26 Å². The van der Waals surface area contributed by atoms with E-state index in [-0.39, 0.29) is 49.1 Å². The van der Waals surface area contributed by atoms with Gasteiger partial charge in [0.05, 0.1) is 37.1 Å². The van der Waals surface area contributed by atoms with Crippen molar-refractivity contribution in [1.82, 2.24) is 20.1 Å². The van der Waals surface area contributed by atoms with Crippen LogP contribution in [0.15, 0.2) is 30.3 Å². The predicted molar refractivity (Wildman–Crippen MR) is 247 cm³/mol. The number of Topliss-reactive ketones (excluding diaryl/α,β-unsaturated/α-hetero) is 1. The fourth-order valence-electron chi connectivity index (χ4n) is 11.4. The van der Waals surface area contributed by atoms with Crippen LogP contribution in [-0.2, 0) is 37.4 Å². The van der Waals surface area contributed by atoms with Gasteiger partial charge in [0.15, 0.2) is 28.8 Å². The highest BCUT2D eigenvalue weighted by Crippen LogP contribution is 2.64. The standard InChI is InChI=1S/C50H57N5O11S/c1-24-17-26-18-30-31(19-51)55-32-20-60-21-33(56)50(45-28(15-16-52-50)27-13-11-12-14-29(27)53-45)22-67-44(36-35(32)42-41(61-23-62-42)25(2)40(36)63-46(57)65-48(3,4)5)38(55)37(54(30)9)34(26)43(39(24)59-10)64-47(58)66-49(6,7)8/h11-14,17,30-32,37-38,44,52-53H,15-16,18,20-23H2,1-10H3/t30-,31-,32-,37+,38?,44+,50-/m0/s1. The number of H-pyrrole nitrogens is 1. The van der Waals surface area contributed by atoms with Crippen molar-refractivity contribution in [3.05, 3.63) is 75.0 Å². The molecule has 8 heterocycles. The summed E-state index contributed by atoms with van der Waals surface area (Å²) in [5, 5.41) is 15.6. The summed E-state index contributed by atoms with van der Waals surface area (Å²) in [6.07, 6.45) is -0.657. The first-order valence-electron chi connectivity index (χ1n) is 22.8. The average Bonchev–Trinajstić information content (AvgIpc) is 3.89. The van der Waals surface area contributed by atoms with Gasteiger partial charge in [0.1, 0.15) is 35.1 Å². The number of carbonyl (C=O) groups excluding carboxylic acids is 3. The zero-order chi connectivity index (χ0) is 47.5. The van der Waals surface area contributed by atoms with E-state index in [0.717, 1.165) is 33.3 Å². The van der Waals surface area contributed by atoms with Crippen LogP contribution >= 0.6 is 11.8 Å². The minimum absolute atomic E-state index is 0.0420. The first-order chi connectivity index (χ1) is 31.9. The summed E-state index contributed by atoms with van der Waals surface area (Å²) in [5.74, 6) is 1.76. The van der Waals surface area contributed by atoms with E-state index in [1.54, 1.807) is 48.7 Å². The van der Waals surface area contributed by atoms with E-state index in [1.165, 1.54) is 11.8 Å². The summed E-state index contributed by atoms with van der Waals surface area (Å²) in [5.41, 5.74) is 3.95. The van der Waals surface area contributed by atoms with Crippen molar-refractivity contribution >= 4 is 40.8 Å². The molecule has 7 aliphatic heterocycles. The van der Waals surface area contributed by atoms with Gasteiger partial charge < -0.3 is 42.9 Å². The Balaban J connectivity index is 1.25. The molecule has 0 aliphatic carbocycles. The lowest BCUT2D eigenvalue weighted by molar-refractivity contribution is -0.132. The zero-order valence-electron chi connectivity index (χ0n) is 39.5. The maximum Gasteiger partial charge on any atom is 0.514 e. The van der Waals surface area contributed by atoms with Crippen LogP contribution in [0.4, 0.5) is 9.59 Å². The Kier molecular flexibility index (Phi) is 11.0. The minimum atomic E-state index is -1.24. The largest absolute Gasteiger partial charge is 0.514 e. The molecule has 7 aliphatic rings. The monoisotopic (exact) mass is 935 g/mol. The molecule has 1 aromatic heterocycles. The fraction of sp³-hybridized carbons (Fsp3) is 0.520. The Morgan fingerprint density at radius 3 is 2.36 bits per heavy atom. The molecule has 4 bridgehead atoms.